The van der Waals surface area contributed by atoms with Crippen LogP contribution in [0.1, 0.15) is 33.3 Å². The van der Waals surface area contributed by atoms with Gasteiger partial charge in [0.15, 0.2) is 0 Å². The predicted octanol–water partition coefficient (Wildman–Crippen LogP) is 3.59. The van der Waals surface area contributed by atoms with E-state index in [-0.39, 0.29) is 10.5 Å². The second kappa shape index (κ2) is 5.93. The van der Waals surface area contributed by atoms with E-state index in [1.165, 1.54) is 12.1 Å². The molecule has 0 bridgehead atoms. The number of nitrogens with one attached hydrogen (secondary N) is 1. The van der Waals surface area contributed by atoms with Crippen molar-refractivity contribution in [3.8, 4) is 0 Å². The van der Waals surface area contributed by atoms with Crippen molar-refractivity contribution in [1.82, 2.24) is 4.98 Å². The lowest BCUT2D eigenvalue weighted by molar-refractivity contribution is 0.629. The van der Waals surface area contributed by atoms with Gasteiger partial charge < -0.3 is 4.98 Å². The van der Waals surface area contributed by atoms with E-state index < -0.39 is 27.1 Å². The number of hydrogen-bond acceptors (Lipinski definition) is 2. The Kier molecular flexibility index (Phi) is 4.54. The first-order valence-corrected chi connectivity index (χ1v) is 8.08. The average molecular weight is 343 g/mol. The zero-order valence-electron chi connectivity index (χ0n) is 12.7. The second-order valence-corrected chi connectivity index (χ2v) is 8.21. The van der Waals surface area contributed by atoms with Gasteiger partial charge in [0.1, 0.15) is 22.0 Å². The molecule has 1 aromatic heterocycles. The number of aromatic amines is 1. The van der Waals surface area contributed by atoms with Crippen LogP contribution in [0.2, 0.25) is 5.15 Å². The van der Waals surface area contributed by atoms with Crippen molar-refractivity contribution in [2.24, 2.45) is 4.40 Å². The summed E-state index contributed by atoms with van der Waals surface area (Å²) in [6, 6.07) is 3.94. The van der Waals surface area contributed by atoms with Crippen LogP contribution in [0, 0.1) is 5.82 Å². The number of fused-ring (bicyclic) bond motifs is 1. The van der Waals surface area contributed by atoms with Crippen LogP contribution in [0.3, 0.4) is 0 Å². The van der Waals surface area contributed by atoms with Crippen LogP contribution >= 0.6 is 11.6 Å². The summed E-state index contributed by atoms with van der Waals surface area (Å²) in [6.45, 7) is 7.02. The van der Waals surface area contributed by atoms with Gasteiger partial charge in [-0.05, 0) is 51.3 Å². The Labute approximate surface area is 135 Å². The number of aromatic nitrogens is 1. The molecule has 118 valence electrons. The van der Waals surface area contributed by atoms with Crippen molar-refractivity contribution in [2.45, 2.75) is 32.4 Å². The third-order valence-corrected chi connectivity index (χ3v) is 4.72. The molecule has 1 N–H and O–H groups in total. The van der Waals surface area contributed by atoms with Crippen molar-refractivity contribution in [3.05, 3.63) is 45.1 Å². The maximum atomic E-state index is 13.8. The number of nitrogens with zero attached hydrogens (tertiary/aromatic N) is 1. The number of H-pyrrole nitrogens is 1. The highest BCUT2D eigenvalue weighted by atomic mass is 35.5. The van der Waals surface area contributed by atoms with E-state index in [4.69, 9.17) is 11.6 Å². The van der Waals surface area contributed by atoms with E-state index in [0.29, 0.717) is 16.7 Å². The van der Waals surface area contributed by atoms with Gasteiger partial charge in [-0.25, -0.2) is 8.60 Å². The Hall–Kier alpha value is -1.53. The van der Waals surface area contributed by atoms with Gasteiger partial charge in [0.2, 0.25) is 0 Å². The fraction of sp³-hybridized carbons (Fsp3) is 0.333. The number of hydrogen-bond donors (Lipinski definition) is 1. The van der Waals surface area contributed by atoms with Crippen molar-refractivity contribution >= 4 is 39.1 Å². The monoisotopic (exact) mass is 342 g/mol. The predicted molar refractivity (Wildman–Crippen MR) is 89.6 cm³/mol. The largest absolute Gasteiger partial charge is 0.312 e. The second-order valence-electron chi connectivity index (χ2n) is 5.90. The van der Waals surface area contributed by atoms with E-state index in [9.17, 15) is 13.4 Å². The Morgan fingerprint density at radius 2 is 1.91 bits per heavy atom. The van der Waals surface area contributed by atoms with Crippen LogP contribution in [0.25, 0.3) is 10.8 Å². The molecule has 4 nitrogen and oxygen atoms in total. The summed E-state index contributed by atoms with van der Waals surface area (Å²) in [5.74, 6) is -0.564. The summed E-state index contributed by atoms with van der Waals surface area (Å²) < 4.78 is 29.5. The van der Waals surface area contributed by atoms with E-state index in [1.54, 1.807) is 27.7 Å². The molecule has 1 heterocycles. The summed E-state index contributed by atoms with van der Waals surface area (Å²) >= 11 is 5.87. The van der Waals surface area contributed by atoms with E-state index in [1.807, 2.05) is 0 Å². The van der Waals surface area contributed by atoms with Gasteiger partial charge >= 0.3 is 0 Å². The van der Waals surface area contributed by atoms with Crippen molar-refractivity contribution < 1.29 is 8.60 Å². The van der Waals surface area contributed by atoms with E-state index >= 15 is 0 Å². The zero-order valence-corrected chi connectivity index (χ0v) is 14.2. The quantitative estimate of drug-likeness (QED) is 0.669. The molecule has 0 spiro atoms. The van der Waals surface area contributed by atoms with Crippen LogP contribution in [0.4, 0.5) is 4.39 Å². The van der Waals surface area contributed by atoms with Crippen LogP contribution in [0.5, 0.6) is 0 Å². The number of halogens is 2. The van der Waals surface area contributed by atoms with Gasteiger partial charge in [-0.2, -0.15) is 4.40 Å². The molecular formula is C15H16ClFN2O2S. The molecule has 1 atom stereocenters. The minimum atomic E-state index is -1.48. The lowest BCUT2D eigenvalue weighted by atomic mass is 10.0. The molecule has 0 unspecified atom stereocenters. The third-order valence-electron chi connectivity index (χ3n) is 3.03. The molecule has 0 fully saturated rings. The highest BCUT2D eigenvalue weighted by Crippen LogP contribution is 2.22. The number of pyridine rings is 1. The van der Waals surface area contributed by atoms with Gasteiger partial charge in [-0.1, -0.05) is 11.6 Å². The minimum Gasteiger partial charge on any atom is -0.312 e. The fourth-order valence-electron chi connectivity index (χ4n) is 1.91. The molecule has 0 aliphatic carbocycles. The topological polar surface area (TPSA) is 62.3 Å². The molecule has 0 aliphatic rings. The molecule has 0 aliphatic heterocycles. The van der Waals surface area contributed by atoms with Gasteiger partial charge in [0.05, 0.1) is 15.8 Å². The highest BCUT2D eigenvalue weighted by Gasteiger charge is 2.20. The Morgan fingerprint density at radius 1 is 1.27 bits per heavy atom. The van der Waals surface area contributed by atoms with Crippen LogP contribution < -0.4 is 5.56 Å². The smallest absolute Gasteiger partial charge is 0.257 e. The van der Waals surface area contributed by atoms with E-state index in [0.717, 1.165) is 6.07 Å². The molecule has 0 saturated carbocycles. The van der Waals surface area contributed by atoms with Crippen molar-refractivity contribution in [3.63, 3.8) is 0 Å². The summed E-state index contributed by atoms with van der Waals surface area (Å²) in [7, 11) is -1.48. The van der Waals surface area contributed by atoms with Gasteiger partial charge in [-0.3, -0.25) is 4.79 Å². The highest BCUT2D eigenvalue weighted by molar-refractivity contribution is 7.85. The average Bonchev–Trinajstić information content (AvgIpc) is 2.37. The van der Waals surface area contributed by atoms with Crippen LogP contribution in [0.15, 0.2) is 27.4 Å². The summed E-state index contributed by atoms with van der Waals surface area (Å²) in [6.07, 6.45) is 0. The van der Waals surface area contributed by atoms with E-state index in [2.05, 4.69) is 9.38 Å². The fourth-order valence-corrected chi connectivity index (χ4v) is 2.73. The molecule has 2 rings (SSSR count). The first-order valence-electron chi connectivity index (χ1n) is 6.59. The summed E-state index contributed by atoms with van der Waals surface area (Å²) in [5.41, 5.74) is 0.313. The minimum absolute atomic E-state index is 0.148. The lowest BCUT2D eigenvalue weighted by Crippen LogP contribution is -2.21. The normalized spacial score (nSPS) is 14.4. The number of benzene rings is 1. The molecule has 1 aromatic carbocycles. The summed E-state index contributed by atoms with van der Waals surface area (Å²) in [4.78, 5) is 14.3. The number of rotatable bonds is 2. The van der Waals surface area contributed by atoms with Gasteiger partial charge in [0, 0.05) is 5.56 Å². The Balaban J connectivity index is 2.73. The van der Waals surface area contributed by atoms with Crippen LogP contribution in [-0.4, -0.2) is 19.7 Å². The SMILES string of the molecule is C/C(=N\[S@](=O)C(C)(C)C)c1cc(F)cc2c(=O)[nH]c(Cl)cc12. The molecule has 0 amide bonds. The maximum Gasteiger partial charge on any atom is 0.257 e. The standard InChI is InChI=1S/C15H16ClFN2O2S/c1-8(19-22(21)15(2,3)4)10-5-9(17)6-12-11(10)7-13(16)18-14(12)20/h5-7H,1-4H3,(H,18,20)/b19-8+/t22-/m1/s1. The first kappa shape index (κ1) is 16.8. The summed E-state index contributed by atoms with van der Waals surface area (Å²) in [5, 5.41) is 0.799. The van der Waals surface area contributed by atoms with Crippen molar-refractivity contribution in [1.29, 1.82) is 0 Å². The molecule has 0 saturated heterocycles. The van der Waals surface area contributed by atoms with Crippen molar-refractivity contribution in [2.75, 3.05) is 0 Å². The van der Waals surface area contributed by atoms with Crippen LogP contribution in [-0.2, 0) is 11.0 Å². The van der Waals surface area contributed by atoms with Gasteiger partial charge in [-0.15, -0.1) is 0 Å². The molecule has 7 heteroatoms. The first-order chi connectivity index (χ1) is 10.1. The molecular weight excluding hydrogens is 327 g/mol. The molecule has 22 heavy (non-hydrogen) atoms. The lowest BCUT2D eigenvalue weighted by Gasteiger charge is -2.14. The molecule has 2 aromatic rings. The molecule has 0 radical (unpaired) electrons. The Morgan fingerprint density at radius 3 is 2.50 bits per heavy atom. The third kappa shape index (κ3) is 3.44. The Bertz CT molecular complexity index is 853. The van der Waals surface area contributed by atoms with Gasteiger partial charge in [0.25, 0.3) is 5.56 Å². The zero-order chi connectivity index (χ0) is 16.7. The maximum absolute atomic E-state index is 13.8.